The Morgan fingerprint density at radius 3 is 0.978 bits per heavy atom. The first-order valence-electron chi connectivity index (χ1n) is 14.3. The van der Waals surface area contributed by atoms with Crippen molar-refractivity contribution in [2.75, 3.05) is 14.1 Å². The Hall–Kier alpha value is -5.96. The Morgan fingerprint density at radius 1 is 0.422 bits per heavy atom. The van der Waals surface area contributed by atoms with Crippen molar-refractivity contribution in [1.29, 1.82) is 0 Å². The molecule has 0 spiro atoms. The summed E-state index contributed by atoms with van der Waals surface area (Å²) in [5, 5.41) is 5.16. The Labute approximate surface area is 261 Å². The summed E-state index contributed by atoms with van der Waals surface area (Å²) < 4.78 is 6.12. The molecule has 5 rings (SSSR count). The third kappa shape index (κ3) is 7.17. The zero-order valence-electron chi connectivity index (χ0n) is 24.9. The lowest BCUT2D eigenvalue weighted by Crippen LogP contribution is -2.47. The fraction of sp³-hybridized carbons (Fsp3) is 0.111. The van der Waals surface area contributed by atoms with Gasteiger partial charge in [-0.15, -0.1) is 0 Å². The first-order valence-corrected chi connectivity index (χ1v) is 14.3. The third-order valence-corrected chi connectivity index (χ3v) is 7.19. The van der Waals surface area contributed by atoms with Crippen LogP contribution in [0, 0.1) is 0 Å². The molecule has 4 aromatic carbocycles. The molecule has 226 valence electrons. The van der Waals surface area contributed by atoms with Crippen LogP contribution >= 0.6 is 0 Å². The van der Waals surface area contributed by atoms with E-state index in [4.69, 9.17) is 4.42 Å². The minimum atomic E-state index is -0.394. The monoisotopic (exact) mass is 600 g/mol. The highest BCUT2D eigenvalue weighted by Gasteiger charge is 2.28. The molecule has 0 aliphatic rings. The predicted molar refractivity (Wildman–Crippen MR) is 168 cm³/mol. The number of furan rings is 1. The molecule has 4 amide bonds. The smallest absolute Gasteiger partial charge is 0.272 e. The molecule has 0 N–H and O–H groups in total. The Balaban J connectivity index is 1.41. The van der Waals surface area contributed by atoms with E-state index in [0.29, 0.717) is 33.8 Å². The van der Waals surface area contributed by atoms with Crippen LogP contribution in [0.25, 0.3) is 0 Å². The van der Waals surface area contributed by atoms with E-state index >= 15 is 0 Å². The second-order valence-corrected chi connectivity index (χ2v) is 10.2. The van der Waals surface area contributed by atoms with Gasteiger partial charge >= 0.3 is 0 Å². The molecule has 1 aromatic heterocycles. The summed E-state index contributed by atoms with van der Waals surface area (Å²) in [5.74, 6) is -0.763. The normalized spacial score (nSPS) is 10.5. The maximum absolute atomic E-state index is 13.6. The highest BCUT2D eigenvalue weighted by molar-refractivity contribution is 6.00. The predicted octanol–water partition coefficient (Wildman–Crippen LogP) is 5.94. The zero-order chi connectivity index (χ0) is 31.8. The summed E-state index contributed by atoms with van der Waals surface area (Å²) in [5.41, 5.74) is 1.65. The van der Waals surface area contributed by atoms with Crippen molar-refractivity contribution in [3.8, 4) is 0 Å². The number of nitrogens with zero attached hydrogens (tertiary/aromatic N) is 4. The molecule has 1 heterocycles. The first kappa shape index (κ1) is 30.5. The summed E-state index contributed by atoms with van der Waals surface area (Å²) in [6.45, 7) is -0.123. The van der Waals surface area contributed by atoms with Gasteiger partial charge in [0.1, 0.15) is 24.6 Å². The molecule has 9 nitrogen and oxygen atoms in total. The SMILES string of the molecule is CN(C(=O)c1ccccc1)N(Cc1ccc(CN(C(=O)c2ccccc2)N(C)C(=O)c2ccccc2)o1)C(=O)c1ccccc1. The molecular weight excluding hydrogens is 568 g/mol. The average molecular weight is 601 g/mol. The van der Waals surface area contributed by atoms with E-state index in [0.717, 1.165) is 0 Å². The number of hydrogen-bond donors (Lipinski definition) is 0. The van der Waals surface area contributed by atoms with Crippen molar-refractivity contribution in [2.45, 2.75) is 13.1 Å². The molecule has 0 bridgehead atoms. The number of carbonyl (C=O) groups is 4. The van der Waals surface area contributed by atoms with Gasteiger partial charge in [-0.2, -0.15) is 0 Å². The van der Waals surface area contributed by atoms with Crippen LogP contribution in [0.15, 0.2) is 138 Å². The van der Waals surface area contributed by atoms with Gasteiger partial charge in [-0.05, 0) is 60.7 Å². The topological polar surface area (TPSA) is 94.4 Å². The molecule has 0 fully saturated rings. The lowest BCUT2D eigenvalue weighted by atomic mass is 10.2. The van der Waals surface area contributed by atoms with Gasteiger partial charge in [0.15, 0.2) is 0 Å². The van der Waals surface area contributed by atoms with Crippen LogP contribution in [0.1, 0.15) is 53.0 Å². The van der Waals surface area contributed by atoms with Crippen LogP contribution < -0.4 is 0 Å². The molecule has 0 aliphatic heterocycles. The number of amides is 4. The standard InChI is InChI=1S/C36H32N4O5/c1-37(33(41)27-15-7-3-8-16-27)39(35(43)29-19-11-5-12-20-29)25-31-23-24-32(45-31)26-40(36(44)30-21-13-6-14-22-30)38(2)34(42)28-17-9-4-10-18-28/h3-24H,25-26H2,1-2H3. The van der Waals surface area contributed by atoms with Gasteiger partial charge in [0.25, 0.3) is 23.6 Å². The summed E-state index contributed by atoms with van der Waals surface area (Å²) in [6, 6.07) is 38.1. The van der Waals surface area contributed by atoms with Gasteiger partial charge in [0.05, 0.1) is 0 Å². The third-order valence-electron chi connectivity index (χ3n) is 7.19. The minimum Gasteiger partial charge on any atom is -0.462 e. The van der Waals surface area contributed by atoms with Gasteiger partial charge in [-0.1, -0.05) is 72.8 Å². The van der Waals surface area contributed by atoms with Crippen LogP contribution in [0.4, 0.5) is 0 Å². The van der Waals surface area contributed by atoms with Gasteiger partial charge in [-0.3, -0.25) is 19.2 Å². The quantitative estimate of drug-likeness (QED) is 0.206. The molecule has 0 radical (unpaired) electrons. The molecule has 9 heteroatoms. The van der Waals surface area contributed by atoms with E-state index in [1.165, 1.54) is 34.1 Å². The van der Waals surface area contributed by atoms with Crippen LogP contribution in [0.2, 0.25) is 0 Å². The molecule has 5 aromatic rings. The summed E-state index contributed by atoms with van der Waals surface area (Å²) in [4.78, 5) is 54.0. The minimum absolute atomic E-state index is 0.0613. The van der Waals surface area contributed by atoms with E-state index in [1.807, 2.05) is 12.1 Å². The Kier molecular flexibility index (Phi) is 9.49. The second-order valence-electron chi connectivity index (χ2n) is 10.2. The molecule has 0 unspecified atom stereocenters. The van der Waals surface area contributed by atoms with E-state index in [-0.39, 0.29) is 24.9 Å². The number of carbonyl (C=O) groups excluding carboxylic acids is 4. The second kappa shape index (κ2) is 14.0. The van der Waals surface area contributed by atoms with Crippen molar-refractivity contribution in [1.82, 2.24) is 20.0 Å². The number of rotatable bonds is 8. The molecule has 0 saturated carbocycles. The molecule has 45 heavy (non-hydrogen) atoms. The van der Waals surface area contributed by atoms with E-state index < -0.39 is 11.8 Å². The van der Waals surface area contributed by atoms with Crippen molar-refractivity contribution < 1.29 is 23.6 Å². The van der Waals surface area contributed by atoms with E-state index in [1.54, 1.807) is 121 Å². The summed E-state index contributed by atoms with van der Waals surface area (Å²) >= 11 is 0. The summed E-state index contributed by atoms with van der Waals surface area (Å²) in [6.07, 6.45) is 0. The number of hydrogen-bond acceptors (Lipinski definition) is 5. The molecular formula is C36H32N4O5. The average Bonchev–Trinajstić information content (AvgIpc) is 3.56. The fourth-order valence-electron chi connectivity index (χ4n) is 4.73. The van der Waals surface area contributed by atoms with E-state index in [9.17, 15) is 19.2 Å². The van der Waals surface area contributed by atoms with Crippen LogP contribution in [-0.2, 0) is 13.1 Å². The molecule has 0 saturated heterocycles. The van der Waals surface area contributed by atoms with Crippen molar-refractivity contribution in [3.63, 3.8) is 0 Å². The Morgan fingerprint density at radius 2 is 0.689 bits per heavy atom. The van der Waals surface area contributed by atoms with Crippen molar-refractivity contribution in [3.05, 3.63) is 167 Å². The first-order chi connectivity index (χ1) is 21.8. The van der Waals surface area contributed by atoms with Crippen LogP contribution in [0.5, 0.6) is 0 Å². The number of hydrazine groups is 2. The zero-order valence-corrected chi connectivity index (χ0v) is 24.9. The lowest BCUT2D eigenvalue weighted by molar-refractivity contribution is -0.00137. The van der Waals surface area contributed by atoms with Crippen molar-refractivity contribution in [2.24, 2.45) is 0 Å². The highest BCUT2D eigenvalue weighted by atomic mass is 16.3. The molecule has 0 aliphatic carbocycles. The largest absolute Gasteiger partial charge is 0.462 e. The highest BCUT2D eigenvalue weighted by Crippen LogP contribution is 2.20. The van der Waals surface area contributed by atoms with E-state index in [2.05, 4.69) is 0 Å². The summed E-state index contributed by atoms with van der Waals surface area (Å²) in [7, 11) is 3.06. The fourth-order valence-corrected chi connectivity index (χ4v) is 4.73. The van der Waals surface area contributed by atoms with Crippen LogP contribution in [-0.4, -0.2) is 57.8 Å². The molecule has 0 atom stereocenters. The van der Waals surface area contributed by atoms with Gasteiger partial charge in [0, 0.05) is 36.3 Å². The van der Waals surface area contributed by atoms with Crippen LogP contribution in [0.3, 0.4) is 0 Å². The number of benzene rings is 4. The maximum atomic E-state index is 13.6. The lowest BCUT2D eigenvalue weighted by Gasteiger charge is -2.32. The van der Waals surface area contributed by atoms with Gasteiger partial charge < -0.3 is 4.42 Å². The van der Waals surface area contributed by atoms with Gasteiger partial charge in [-0.25, -0.2) is 20.0 Å². The Bertz CT molecular complexity index is 1630. The van der Waals surface area contributed by atoms with Gasteiger partial charge in [0.2, 0.25) is 0 Å². The van der Waals surface area contributed by atoms with Crippen molar-refractivity contribution >= 4 is 23.6 Å². The maximum Gasteiger partial charge on any atom is 0.272 e.